The van der Waals surface area contributed by atoms with Crippen LogP contribution in [0.25, 0.3) is 10.7 Å². The SMILES string of the molecule is CCc1[nH]c(-c2sccc2C)nc1O. The number of thiophene rings is 1. The van der Waals surface area contributed by atoms with Gasteiger partial charge in [-0.3, -0.25) is 0 Å². The van der Waals surface area contributed by atoms with Crippen LogP contribution in [0.2, 0.25) is 0 Å². The number of aryl methyl sites for hydroxylation is 2. The summed E-state index contributed by atoms with van der Waals surface area (Å²) in [7, 11) is 0. The van der Waals surface area contributed by atoms with Crippen LogP contribution in [0.5, 0.6) is 5.88 Å². The number of hydrogen-bond acceptors (Lipinski definition) is 3. The Labute approximate surface area is 86.4 Å². The number of imidazole rings is 1. The van der Waals surface area contributed by atoms with E-state index in [-0.39, 0.29) is 5.88 Å². The zero-order valence-electron chi connectivity index (χ0n) is 8.16. The Morgan fingerprint density at radius 3 is 2.86 bits per heavy atom. The van der Waals surface area contributed by atoms with Crippen LogP contribution >= 0.6 is 11.3 Å². The van der Waals surface area contributed by atoms with E-state index in [0.717, 1.165) is 22.8 Å². The van der Waals surface area contributed by atoms with Crippen molar-refractivity contribution in [3.8, 4) is 16.6 Å². The van der Waals surface area contributed by atoms with Crippen molar-refractivity contribution >= 4 is 11.3 Å². The van der Waals surface area contributed by atoms with Gasteiger partial charge in [-0.1, -0.05) is 6.92 Å². The fourth-order valence-electron chi connectivity index (χ4n) is 1.37. The lowest BCUT2D eigenvalue weighted by Gasteiger charge is -1.92. The van der Waals surface area contributed by atoms with Crippen molar-refractivity contribution in [1.82, 2.24) is 9.97 Å². The topological polar surface area (TPSA) is 48.9 Å². The summed E-state index contributed by atoms with van der Waals surface area (Å²) in [5.41, 5.74) is 1.99. The van der Waals surface area contributed by atoms with Crippen LogP contribution in [0.1, 0.15) is 18.2 Å². The van der Waals surface area contributed by atoms with E-state index in [0.29, 0.717) is 0 Å². The Kier molecular flexibility index (Phi) is 2.29. The predicted octanol–water partition coefficient (Wildman–Crippen LogP) is 2.71. The normalized spacial score (nSPS) is 10.7. The molecule has 14 heavy (non-hydrogen) atoms. The van der Waals surface area contributed by atoms with Crippen LogP contribution in [0.15, 0.2) is 11.4 Å². The minimum Gasteiger partial charge on any atom is -0.492 e. The van der Waals surface area contributed by atoms with E-state index in [9.17, 15) is 5.11 Å². The summed E-state index contributed by atoms with van der Waals surface area (Å²) in [5, 5.41) is 11.5. The zero-order chi connectivity index (χ0) is 10.1. The molecule has 0 radical (unpaired) electrons. The van der Waals surface area contributed by atoms with E-state index in [4.69, 9.17) is 0 Å². The smallest absolute Gasteiger partial charge is 0.232 e. The third-order valence-electron chi connectivity index (χ3n) is 2.19. The molecule has 74 valence electrons. The van der Waals surface area contributed by atoms with Crippen molar-refractivity contribution in [1.29, 1.82) is 0 Å². The molecule has 0 aromatic carbocycles. The molecule has 0 unspecified atom stereocenters. The van der Waals surface area contributed by atoms with Gasteiger partial charge >= 0.3 is 0 Å². The highest BCUT2D eigenvalue weighted by Gasteiger charge is 2.11. The zero-order valence-corrected chi connectivity index (χ0v) is 8.98. The number of H-pyrrole nitrogens is 1. The first-order valence-electron chi connectivity index (χ1n) is 4.54. The first-order chi connectivity index (χ1) is 6.72. The first-order valence-corrected chi connectivity index (χ1v) is 5.42. The third-order valence-corrected chi connectivity index (χ3v) is 3.21. The highest BCUT2D eigenvalue weighted by atomic mass is 32.1. The van der Waals surface area contributed by atoms with Gasteiger partial charge in [-0.15, -0.1) is 11.3 Å². The minimum absolute atomic E-state index is 0.121. The van der Waals surface area contributed by atoms with Crippen LogP contribution in [-0.4, -0.2) is 15.1 Å². The molecular formula is C10H12N2OS. The molecule has 2 rings (SSSR count). The summed E-state index contributed by atoms with van der Waals surface area (Å²) in [5.74, 6) is 0.891. The molecular weight excluding hydrogens is 196 g/mol. The average molecular weight is 208 g/mol. The van der Waals surface area contributed by atoms with Crippen LogP contribution < -0.4 is 0 Å². The van der Waals surface area contributed by atoms with Gasteiger partial charge in [-0.25, -0.2) is 0 Å². The van der Waals surface area contributed by atoms with Crippen molar-refractivity contribution in [2.45, 2.75) is 20.3 Å². The molecule has 2 aromatic heterocycles. The second-order valence-corrected chi connectivity index (χ2v) is 4.09. The molecule has 0 saturated heterocycles. The van der Waals surface area contributed by atoms with E-state index < -0.39 is 0 Å². The van der Waals surface area contributed by atoms with Gasteiger partial charge in [0.05, 0.1) is 10.6 Å². The standard InChI is InChI=1S/C10H12N2OS/c1-3-7-10(13)12-9(11-7)8-6(2)4-5-14-8/h4-5,13H,3H2,1-2H3,(H,11,12). The van der Waals surface area contributed by atoms with Crippen molar-refractivity contribution < 1.29 is 5.11 Å². The molecule has 0 saturated carbocycles. The Balaban J connectivity index is 2.47. The van der Waals surface area contributed by atoms with Crippen molar-refractivity contribution in [3.05, 3.63) is 22.7 Å². The van der Waals surface area contributed by atoms with Gasteiger partial charge in [0.15, 0.2) is 5.82 Å². The largest absolute Gasteiger partial charge is 0.492 e. The number of aromatic nitrogens is 2. The van der Waals surface area contributed by atoms with Gasteiger partial charge in [-0.2, -0.15) is 4.98 Å². The summed E-state index contributed by atoms with van der Waals surface area (Å²) in [6.07, 6.45) is 0.767. The second-order valence-electron chi connectivity index (χ2n) is 3.17. The third kappa shape index (κ3) is 1.42. The van der Waals surface area contributed by atoms with E-state index in [1.807, 2.05) is 25.3 Å². The van der Waals surface area contributed by atoms with E-state index in [2.05, 4.69) is 9.97 Å². The van der Waals surface area contributed by atoms with E-state index in [1.54, 1.807) is 11.3 Å². The molecule has 0 fully saturated rings. The lowest BCUT2D eigenvalue weighted by atomic mass is 10.3. The van der Waals surface area contributed by atoms with Crippen molar-refractivity contribution in [2.24, 2.45) is 0 Å². The predicted molar refractivity (Wildman–Crippen MR) is 57.7 cm³/mol. The second kappa shape index (κ2) is 3.46. The fraction of sp³-hybridized carbons (Fsp3) is 0.300. The summed E-state index contributed by atoms with van der Waals surface area (Å²) in [6.45, 7) is 4.02. The van der Waals surface area contributed by atoms with E-state index >= 15 is 0 Å². The Hall–Kier alpha value is -1.29. The molecule has 4 heteroatoms. The van der Waals surface area contributed by atoms with Crippen LogP contribution in [0.4, 0.5) is 0 Å². The minimum atomic E-state index is 0.121. The summed E-state index contributed by atoms with van der Waals surface area (Å²) in [4.78, 5) is 8.32. The number of aromatic hydroxyl groups is 1. The summed E-state index contributed by atoms with van der Waals surface area (Å²) in [6, 6.07) is 2.05. The Morgan fingerprint density at radius 1 is 1.57 bits per heavy atom. The van der Waals surface area contributed by atoms with Crippen molar-refractivity contribution in [2.75, 3.05) is 0 Å². The number of aromatic amines is 1. The maximum atomic E-state index is 9.48. The molecule has 0 amide bonds. The van der Waals surface area contributed by atoms with Gasteiger partial charge in [0.2, 0.25) is 5.88 Å². The van der Waals surface area contributed by atoms with E-state index in [1.165, 1.54) is 5.56 Å². The molecule has 0 atom stereocenters. The number of hydrogen-bond donors (Lipinski definition) is 2. The molecule has 2 N–H and O–H groups in total. The Morgan fingerprint density at radius 2 is 2.36 bits per heavy atom. The maximum Gasteiger partial charge on any atom is 0.232 e. The number of nitrogens with zero attached hydrogens (tertiary/aromatic N) is 1. The molecule has 2 heterocycles. The highest BCUT2D eigenvalue weighted by molar-refractivity contribution is 7.13. The molecule has 0 bridgehead atoms. The maximum absolute atomic E-state index is 9.48. The summed E-state index contributed by atoms with van der Waals surface area (Å²) >= 11 is 1.63. The quantitative estimate of drug-likeness (QED) is 0.797. The van der Waals surface area contributed by atoms with Crippen LogP contribution in [-0.2, 0) is 6.42 Å². The van der Waals surface area contributed by atoms with Gasteiger partial charge < -0.3 is 10.1 Å². The summed E-state index contributed by atoms with van der Waals surface area (Å²) < 4.78 is 0. The molecule has 0 aliphatic carbocycles. The monoisotopic (exact) mass is 208 g/mol. The first kappa shape index (κ1) is 9.27. The Bertz CT molecular complexity index is 445. The van der Waals surface area contributed by atoms with Gasteiger partial charge in [0.25, 0.3) is 0 Å². The lowest BCUT2D eigenvalue weighted by Crippen LogP contribution is -1.80. The van der Waals surface area contributed by atoms with Crippen LogP contribution in [0.3, 0.4) is 0 Å². The van der Waals surface area contributed by atoms with Gasteiger partial charge in [0, 0.05) is 0 Å². The highest BCUT2D eigenvalue weighted by Crippen LogP contribution is 2.29. The molecule has 0 spiro atoms. The average Bonchev–Trinajstić information content (AvgIpc) is 2.71. The fourth-order valence-corrected chi connectivity index (χ4v) is 2.24. The van der Waals surface area contributed by atoms with Gasteiger partial charge in [0.1, 0.15) is 0 Å². The number of nitrogens with one attached hydrogen (secondary N) is 1. The molecule has 3 nitrogen and oxygen atoms in total. The van der Waals surface area contributed by atoms with Crippen LogP contribution in [0, 0.1) is 6.92 Å². The molecule has 0 aliphatic heterocycles. The number of rotatable bonds is 2. The molecule has 2 aromatic rings. The van der Waals surface area contributed by atoms with Gasteiger partial charge in [-0.05, 0) is 30.4 Å². The van der Waals surface area contributed by atoms with Crippen molar-refractivity contribution in [3.63, 3.8) is 0 Å². The lowest BCUT2D eigenvalue weighted by molar-refractivity contribution is 0.450. The molecule has 0 aliphatic rings.